The number of hydrogen-bond donors (Lipinski definition) is 1. The highest BCUT2D eigenvalue weighted by Crippen LogP contribution is 2.48. The van der Waals surface area contributed by atoms with Crippen LogP contribution in [0.25, 0.3) is 0 Å². The Labute approximate surface area is 95.0 Å². The van der Waals surface area contributed by atoms with Crippen molar-refractivity contribution in [3.05, 3.63) is 17.7 Å². The van der Waals surface area contributed by atoms with Crippen molar-refractivity contribution in [3.8, 4) is 0 Å². The molecule has 0 bridgehead atoms. The van der Waals surface area contributed by atoms with Crippen LogP contribution in [-0.2, 0) is 24.2 Å². The van der Waals surface area contributed by atoms with Crippen LogP contribution in [0.15, 0.2) is 6.20 Å². The quantitative estimate of drug-likeness (QED) is 0.813. The smallest absolute Gasteiger partial charge is 0.108 e. The van der Waals surface area contributed by atoms with E-state index in [-0.39, 0.29) is 0 Å². The van der Waals surface area contributed by atoms with Gasteiger partial charge in [-0.3, -0.25) is 0 Å². The third-order valence-electron chi connectivity index (χ3n) is 4.34. The average Bonchev–Trinajstić information content (AvgIpc) is 2.73. The number of ether oxygens (including phenoxy) is 1. The molecule has 4 nitrogen and oxygen atoms in total. The maximum Gasteiger partial charge on any atom is 0.108 e. The van der Waals surface area contributed by atoms with E-state index in [9.17, 15) is 0 Å². The van der Waals surface area contributed by atoms with Crippen LogP contribution >= 0.6 is 0 Å². The van der Waals surface area contributed by atoms with E-state index in [1.165, 1.54) is 24.4 Å². The van der Waals surface area contributed by atoms with E-state index < -0.39 is 0 Å². The molecule has 0 amide bonds. The van der Waals surface area contributed by atoms with Crippen molar-refractivity contribution < 1.29 is 4.74 Å². The molecule has 1 aliphatic carbocycles. The molecule has 1 saturated heterocycles. The molecule has 3 aliphatic rings. The molecule has 1 aromatic rings. The highest BCUT2D eigenvalue weighted by molar-refractivity contribution is 5.16. The van der Waals surface area contributed by atoms with Crippen molar-refractivity contribution in [2.24, 2.45) is 5.92 Å². The van der Waals surface area contributed by atoms with Gasteiger partial charge in [-0.05, 0) is 12.8 Å². The number of nitrogens with zero attached hydrogens (tertiary/aromatic N) is 2. The largest absolute Gasteiger partial charge is 0.379 e. The number of rotatable bonds is 3. The first-order chi connectivity index (χ1) is 7.87. The van der Waals surface area contributed by atoms with Gasteiger partial charge in [0.25, 0.3) is 0 Å². The zero-order chi connectivity index (χ0) is 10.6. The summed E-state index contributed by atoms with van der Waals surface area (Å²) in [4.78, 5) is 4.47. The second-order valence-corrected chi connectivity index (χ2v) is 5.35. The second kappa shape index (κ2) is 3.08. The molecule has 1 aromatic heterocycles. The predicted molar refractivity (Wildman–Crippen MR) is 59.0 cm³/mol. The number of imidazole rings is 1. The molecule has 4 rings (SSSR count). The van der Waals surface area contributed by atoms with E-state index in [1.54, 1.807) is 0 Å². The summed E-state index contributed by atoms with van der Waals surface area (Å²) in [6, 6.07) is 0. The molecule has 2 fully saturated rings. The highest BCUT2D eigenvalue weighted by Gasteiger charge is 2.58. The molecule has 2 aliphatic heterocycles. The van der Waals surface area contributed by atoms with Crippen LogP contribution in [0.2, 0.25) is 0 Å². The van der Waals surface area contributed by atoms with E-state index in [1.807, 2.05) is 6.20 Å². The zero-order valence-electron chi connectivity index (χ0n) is 9.41. The summed E-state index contributed by atoms with van der Waals surface area (Å²) in [5.74, 6) is 2.04. The molecule has 86 valence electrons. The number of nitrogens with one attached hydrogen (secondary N) is 1. The summed E-state index contributed by atoms with van der Waals surface area (Å²) in [5.41, 5.74) is 1.67. The van der Waals surface area contributed by atoms with Gasteiger partial charge in [0.05, 0.1) is 18.9 Å². The zero-order valence-corrected chi connectivity index (χ0v) is 9.41. The summed E-state index contributed by atoms with van der Waals surface area (Å²) < 4.78 is 7.86. The van der Waals surface area contributed by atoms with Gasteiger partial charge in [-0.1, -0.05) is 0 Å². The van der Waals surface area contributed by atoms with E-state index >= 15 is 0 Å². The molecule has 0 radical (unpaired) electrons. The van der Waals surface area contributed by atoms with Crippen molar-refractivity contribution in [2.45, 2.75) is 37.9 Å². The lowest BCUT2D eigenvalue weighted by atomic mass is 10.2. The van der Waals surface area contributed by atoms with Gasteiger partial charge in [-0.25, -0.2) is 4.98 Å². The maximum absolute atomic E-state index is 5.49. The minimum Gasteiger partial charge on any atom is -0.379 e. The van der Waals surface area contributed by atoms with Crippen LogP contribution in [0, 0.1) is 5.92 Å². The first-order valence-corrected chi connectivity index (χ1v) is 6.23. The molecule has 4 heteroatoms. The fourth-order valence-corrected chi connectivity index (χ4v) is 3.16. The third-order valence-corrected chi connectivity index (χ3v) is 4.34. The molecular weight excluding hydrogens is 202 g/mol. The van der Waals surface area contributed by atoms with Gasteiger partial charge in [0, 0.05) is 37.2 Å². The number of hydrogen-bond acceptors (Lipinski definition) is 3. The Kier molecular flexibility index (Phi) is 1.77. The minimum absolute atomic E-state index is 0.323. The highest BCUT2D eigenvalue weighted by atomic mass is 16.5. The maximum atomic E-state index is 5.49. The van der Waals surface area contributed by atoms with Crippen LogP contribution in [0.3, 0.4) is 0 Å². The summed E-state index contributed by atoms with van der Waals surface area (Å²) in [5, 5.41) is 3.68. The van der Waals surface area contributed by atoms with Crippen molar-refractivity contribution in [1.29, 1.82) is 0 Å². The van der Waals surface area contributed by atoms with E-state index in [0.717, 1.165) is 38.6 Å². The van der Waals surface area contributed by atoms with Crippen molar-refractivity contribution in [1.82, 2.24) is 14.9 Å². The monoisotopic (exact) mass is 219 g/mol. The third kappa shape index (κ3) is 1.20. The standard InChI is InChI=1S/C12H17N3O/c1-2-11-13-5-10(15(11)3-1)6-14-12-4-9(12)7-16-8-12/h5,9,14H,1-4,6-8H2/t9-,12-/m0/s1. The summed E-state index contributed by atoms with van der Waals surface area (Å²) >= 11 is 0. The SMILES string of the molecule is c1nc2n(c1CN[C@@]13COC[C@@H]1C3)CCC2. The molecule has 0 aromatic carbocycles. The Balaban J connectivity index is 1.47. The van der Waals surface area contributed by atoms with Crippen LogP contribution in [0.1, 0.15) is 24.4 Å². The van der Waals surface area contributed by atoms with Crippen LogP contribution in [0.5, 0.6) is 0 Å². The van der Waals surface area contributed by atoms with Gasteiger partial charge < -0.3 is 14.6 Å². The van der Waals surface area contributed by atoms with Crippen molar-refractivity contribution >= 4 is 0 Å². The normalized spacial score (nSPS) is 35.1. The molecule has 3 heterocycles. The lowest BCUT2D eigenvalue weighted by molar-refractivity contribution is 0.153. The molecule has 2 atom stereocenters. The van der Waals surface area contributed by atoms with Gasteiger partial charge in [-0.15, -0.1) is 0 Å². The molecule has 1 saturated carbocycles. The van der Waals surface area contributed by atoms with Gasteiger partial charge >= 0.3 is 0 Å². The molecule has 16 heavy (non-hydrogen) atoms. The summed E-state index contributed by atoms with van der Waals surface area (Å²) in [7, 11) is 0. The summed E-state index contributed by atoms with van der Waals surface area (Å²) in [6.07, 6.45) is 5.74. The van der Waals surface area contributed by atoms with Crippen LogP contribution in [-0.4, -0.2) is 28.3 Å². The average molecular weight is 219 g/mol. The lowest BCUT2D eigenvalue weighted by Gasteiger charge is -2.14. The van der Waals surface area contributed by atoms with Crippen LogP contribution < -0.4 is 5.32 Å². The van der Waals surface area contributed by atoms with Gasteiger partial charge in [0.1, 0.15) is 5.82 Å². The first kappa shape index (κ1) is 9.19. The minimum atomic E-state index is 0.323. The summed E-state index contributed by atoms with van der Waals surface area (Å²) in [6.45, 7) is 3.96. The van der Waals surface area contributed by atoms with Crippen LogP contribution in [0.4, 0.5) is 0 Å². The van der Waals surface area contributed by atoms with E-state index in [2.05, 4.69) is 14.9 Å². The number of fused-ring (bicyclic) bond motifs is 2. The van der Waals surface area contributed by atoms with E-state index in [0.29, 0.717) is 5.54 Å². The Morgan fingerprint density at radius 3 is 3.44 bits per heavy atom. The van der Waals surface area contributed by atoms with Gasteiger partial charge in [0.2, 0.25) is 0 Å². The Hall–Kier alpha value is -0.870. The second-order valence-electron chi connectivity index (χ2n) is 5.35. The lowest BCUT2D eigenvalue weighted by Crippen LogP contribution is -2.34. The van der Waals surface area contributed by atoms with Crippen molar-refractivity contribution in [2.75, 3.05) is 13.2 Å². The predicted octanol–water partition coefficient (Wildman–Crippen LogP) is 0.708. The molecule has 0 unspecified atom stereocenters. The van der Waals surface area contributed by atoms with Gasteiger partial charge in [0.15, 0.2) is 0 Å². The molecular formula is C12H17N3O. The fourth-order valence-electron chi connectivity index (χ4n) is 3.16. The topological polar surface area (TPSA) is 39.1 Å². The Bertz CT molecular complexity index is 428. The Morgan fingerprint density at radius 1 is 1.62 bits per heavy atom. The first-order valence-electron chi connectivity index (χ1n) is 6.23. The number of aromatic nitrogens is 2. The van der Waals surface area contributed by atoms with Crippen molar-refractivity contribution in [3.63, 3.8) is 0 Å². The molecule has 0 spiro atoms. The Morgan fingerprint density at radius 2 is 2.62 bits per heavy atom. The molecule has 1 N–H and O–H groups in total. The number of aryl methyl sites for hydroxylation is 1. The van der Waals surface area contributed by atoms with Gasteiger partial charge in [-0.2, -0.15) is 0 Å². The van der Waals surface area contributed by atoms with E-state index in [4.69, 9.17) is 4.74 Å². The fraction of sp³-hybridized carbons (Fsp3) is 0.750.